The molecular formula is C12H25NO2. The van der Waals surface area contributed by atoms with Crippen LogP contribution in [0.1, 0.15) is 45.4 Å². The minimum atomic E-state index is -0.171. The van der Waals surface area contributed by atoms with Crippen LogP contribution < -0.4 is 5.73 Å². The van der Waals surface area contributed by atoms with Crippen LogP contribution in [0, 0.1) is 5.92 Å². The number of ether oxygens (including phenoxy) is 1. The summed E-state index contributed by atoms with van der Waals surface area (Å²) in [6.45, 7) is 3.54. The maximum atomic E-state index is 8.73. The molecule has 0 heterocycles. The highest BCUT2D eigenvalue weighted by molar-refractivity contribution is 4.87. The van der Waals surface area contributed by atoms with Crippen LogP contribution in [0.2, 0.25) is 0 Å². The number of hydrogen-bond donors (Lipinski definition) is 2. The Balaban J connectivity index is 2.41. The third kappa shape index (κ3) is 3.74. The van der Waals surface area contributed by atoms with Gasteiger partial charge in [-0.2, -0.15) is 0 Å². The quantitative estimate of drug-likeness (QED) is 0.663. The number of aliphatic hydroxyl groups is 1. The van der Waals surface area contributed by atoms with Gasteiger partial charge in [0.15, 0.2) is 0 Å². The van der Waals surface area contributed by atoms with Crippen LogP contribution in [0.3, 0.4) is 0 Å². The molecule has 0 aliphatic heterocycles. The molecule has 90 valence electrons. The van der Waals surface area contributed by atoms with Crippen LogP contribution in [0.5, 0.6) is 0 Å². The molecule has 3 N–H and O–H groups in total. The normalized spacial score (nSPS) is 22.6. The Kier molecular flexibility index (Phi) is 5.58. The second-order valence-corrected chi connectivity index (χ2v) is 4.78. The number of nitrogens with two attached hydrogens (primary N) is 1. The van der Waals surface area contributed by atoms with Crippen molar-refractivity contribution in [3.63, 3.8) is 0 Å². The van der Waals surface area contributed by atoms with E-state index in [1.54, 1.807) is 0 Å². The van der Waals surface area contributed by atoms with Crippen molar-refractivity contribution < 1.29 is 9.84 Å². The van der Waals surface area contributed by atoms with Gasteiger partial charge in [-0.15, -0.1) is 0 Å². The smallest absolute Gasteiger partial charge is 0.0804 e. The maximum absolute atomic E-state index is 8.73. The van der Waals surface area contributed by atoms with Crippen molar-refractivity contribution in [2.24, 2.45) is 11.7 Å². The molecular weight excluding hydrogens is 190 g/mol. The third-order valence-electron chi connectivity index (χ3n) is 3.61. The molecule has 1 saturated carbocycles. The third-order valence-corrected chi connectivity index (χ3v) is 3.61. The van der Waals surface area contributed by atoms with Gasteiger partial charge in [0.05, 0.1) is 5.60 Å². The first kappa shape index (κ1) is 12.9. The molecule has 1 aliphatic carbocycles. The molecule has 0 radical (unpaired) electrons. The summed E-state index contributed by atoms with van der Waals surface area (Å²) < 4.78 is 5.87. The highest BCUT2D eigenvalue weighted by Crippen LogP contribution is 2.34. The molecule has 0 spiro atoms. The molecule has 0 amide bonds. The Morgan fingerprint density at radius 2 is 2.00 bits per heavy atom. The van der Waals surface area contributed by atoms with Gasteiger partial charge in [0.25, 0.3) is 0 Å². The van der Waals surface area contributed by atoms with E-state index >= 15 is 0 Å². The van der Waals surface area contributed by atoms with Gasteiger partial charge in [-0.3, -0.25) is 0 Å². The lowest BCUT2D eigenvalue weighted by atomic mass is 9.77. The average molecular weight is 215 g/mol. The lowest BCUT2D eigenvalue weighted by Crippen LogP contribution is -2.45. The summed E-state index contributed by atoms with van der Waals surface area (Å²) in [5.74, 6) is 0.606. The number of hydrogen-bond acceptors (Lipinski definition) is 3. The molecule has 1 aliphatic rings. The molecule has 0 bridgehead atoms. The van der Waals surface area contributed by atoms with E-state index in [0.717, 1.165) is 0 Å². The van der Waals surface area contributed by atoms with Gasteiger partial charge in [0.1, 0.15) is 0 Å². The summed E-state index contributed by atoms with van der Waals surface area (Å²) in [4.78, 5) is 0. The van der Waals surface area contributed by atoms with E-state index in [-0.39, 0.29) is 12.2 Å². The number of rotatable bonds is 6. The number of aliphatic hydroxyl groups excluding tert-OH is 1. The molecule has 1 unspecified atom stereocenters. The van der Waals surface area contributed by atoms with E-state index in [1.807, 2.05) is 0 Å². The average Bonchev–Trinajstić information content (AvgIpc) is 2.30. The summed E-state index contributed by atoms with van der Waals surface area (Å²) in [6.07, 6.45) is 7.17. The molecule has 0 aromatic rings. The molecule has 3 nitrogen and oxygen atoms in total. The first-order chi connectivity index (χ1) is 7.23. The van der Waals surface area contributed by atoms with Gasteiger partial charge in [-0.1, -0.05) is 19.3 Å². The fourth-order valence-corrected chi connectivity index (χ4v) is 2.43. The monoisotopic (exact) mass is 215 g/mol. The largest absolute Gasteiger partial charge is 0.396 e. The lowest BCUT2D eigenvalue weighted by molar-refractivity contribution is -0.0797. The Morgan fingerprint density at radius 3 is 2.53 bits per heavy atom. The highest BCUT2D eigenvalue weighted by Gasteiger charge is 2.34. The lowest BCUT2D eigenvalue weighted by Gasteiger charge is -2.39. The first-order valence-corrected chi connectivity index (χ1v) is 6.18. The van der Waals surface area contributed by atoms with Crippen LogP contribution in [-0.2, 0) is 4.74 Å². The zero-order chi connectivity index (χ0) is 11.1. The topological polar surface area (TPSA) is 55.5 Å². The Hall–Kier alpha value is -0.120. The van der Waals surface area contributed by atoms with E-state index in [1.165, 1.54) is 32.1 Å². The van der Waals surface area contributed by atoms with Crippen LogP contribution in [0.15, 0.2) is 0 Å². The van der Waals surface area contributed by atoms with Gasteiger partial charge < -0.3 is 15.6 Å². The molecule has 0 aromatic heterocycles. The SMILES string of the molecule is CC(CN)(OCCCO)C1CCCCC1. The van der Waals surface area contributed by atoms with Gasteiger partial charge in [-0.05, 0) is 32.1 Å². The van der Waals surface area contributed by atoms with E-state index in [9.17, 15) is 0 Å². The van der Waals surface area contributed by atoms with Crippen LogP contribution >= 0.6 is 0 Å². The Labute approximate surface area is 93.0 Å². The van der Waals surface area contributed by atoms with Crippen LogP contribution in [0.25, 0.3) is 0 Å². The molecule has 15 heavy (non-hydrogen) atoms. The zero-order valence-electron chi connectivity index (χ0n) is 9.87. The van der Waals surface area contributed by atoms with Crippen molar-refractivity contribution in [2.45, 2.75) is 51.0 Å². The second kappa shape index (κ2) is 6.46. The van der Waals surface area contributed by atoms with E-state index < -0.39 is 0 Å². The molecule has 0 aromatic carbocycles. The van der Waals surface area contributed by atoms with Crippen molar-refractivity contribution in [3.05, 3.63) is 0 Å². The summed E-state index contributed by atoms with van der Waals surface area (Å²) in [7, 11) is 0. The minimum Gasteiger partial charge on any atom is -0.396 e. The molecule has 1 rings (SSSR count). The van der Waals surface area contributed by atoms with Crippen molar-refractivity contribution in [1.29, 1.82) is 0 Å². The van der Waals surface area contributed by atoms with Crippen molar-refractivity contribution >= 4 is 0 Å². The van der Waals surface area contributed by atoms with Crippen molar-refractivity contribution in [3.8, 4) is 0 Å². The Bertz CT molecular complexity index is 169. The predicted molar refractivity (Wildman–Crippen MR) is 61.7 cm³/mol. The minimum absolute atomic E-state index is 0.171. The highest BCUT2D eigenvalue weighted by atomic mass is 16.5. The van der Waals surface area contributed by atoms with E-state index in [2.05, 4.69) is 6.92 Å². The van der Waals surface area contributed by atoms with Crippen molar-refractivity contribution in [1.82, 2.24) is 0 Å². The van der Waals surface area contributed by atoms with E-state index in [0.29, 0.717) is 25.5 Å². The summed E-state index contributed by atoms with van der Waals surface area (Å²) in [5, 5.41) is 8.73. The second-order valence-electron chi connectivity index (χ2n) is 4.78. The zero-order valence-corrected chi connectivity index (χ0v) is 9.87. The molecule has 1 fully saturated rings. The Morgan fingerprint density at radius 1 is 1.33 bits per heavy atom. The first-order valence-electron chi connectivity index (χ1n) is 6.18. The summed E-state index contributed by atoms with van der Waals surface area (Å²) >= 11 is 0. The van der Waals surface area contributed by atoms with Crippen LogP contribution in [0.4, 0.5) is 0 Å². The van der Waals surface area contributed by atoms with E-state index in [4.69, 9.17) is 15.6 Å². The van der Waals surface area contributed by atoms with Crippen LogP contribution in [-0.4, -0.2) is 30.5 Å². The standard InChI is InChI=1S/C12H25NO2/c1-12(10-13,15-9-5-8-14)11-6-3-2-4-7-11/h11,14H,2-10,13H2,1H3. The van der Waals surface area contributed by atoms with Crippen molar-refractivity contribution in [2.75, 3.05) is 19.8 Å². The summed E-state index contributed by atoms with van der Waals surface area (Å²) in [5.41, 5.74) is 5.66. The van der Waals surface area contributed by atoms with Gasteiger partial charge in [0.2, 0.25) is 0 Å². The molecule has 0 saturated heterocycles. The predicted octanol–water partition coefficient (Wildman–Crippen LogP) is 1.68. The maximum Gasteiger partial charge on any atom is 0.0804 e. The molecule has 1 atom stereocenters. The fraction of sp³-hybridized carbons (Fsp3) is 1.00. The summed E-state index contributed by atoms with van der Waals surface area (Å²) in [6, 6.07) is 0. The van der Waals surface area contributed by atoms with Gasteiger partial charge in [-0.25, -0.2) is 0 Å². The van der Waals surface area contributed by atoms with Gasteiger partial charge in [0, 0.05) is 19.8 Å². The molecule has 3 heteroatoms. The van der Waals surface area contributed by atoms with Gasteiger partial charge >= 0.3 is 0 Å². The fourth-order valence-electron chi connectivity index (χ4n) is 2.43.